The predicted octanol–water partition coefficient (Wildman–Crippen LogP) is 4.86. The third-order valence-electron chi connectivity index (χ3n) is 4.69. The van der Waals surface area contributed by atoms with Crippen LogP contribution in [0.4, 0.5) is 9.59 Å². The Morgan fingerprint density at radius 2 is 0.905 bits per heavy atom. The molecule has 0 saturated heterocycles. The average Bonchev–Trinajstić information content (AvgIpc) is 2.50. The maximum atomic E-state index is 11.9. The predicted molar refractivity (Wildman–Crippen MR) is 90.5 cm³/mol. The van der Waals surface area contributed by atoms with Gasteiger partial charge in [0.05, 0.1) is 0 Å². The van der Waals surface area contributed by atoms with Crippen LogP contribution in [0, 0.1) is 0 Å². The van der Waals surface area contributed by atoms with Gasteiger partial charge in [-0.15, -0.1) is 0 Å². The van der Waals surface area contributed by atoms with Gasteiger partial charge in [-0.2, -0.15) is 0 Å². The van der Waals surface area contributed by atoms with E-state index in [1.807, 2.05) is 0 Å². The minimum absolute atomic E-state index is 0.620. The number of imide groups is 1. The summed E-state index contributed by atoms with van der Waals surface area (Å²) in [6.07, 6.45) is -1.24. The molecule has 0 fully saturated rings. The van der Waals surface area contributed by atoms with E-state index in [0.29, 0.717) is 0 Å². The molecular weight excluding hydrogens is 391 g/mol. The van der Waals surface area contributed by atoms with Gasteiger partial charge in [0.25, 0.3) is 0 Å². The molecule has 0 saturated carbocycles. The Morgan fingerprint density at radius 3 is 1.10 bits per heavy atom. The van der Waals surface area contributed by atoms with Gasteiger partial charge in [-0.05, 0) is 0 Å². The molecule has 0 rings (SSSR count). The zero-order valence-electron chi connectivity index (χ0n) is 14.4. The molecular formula is C14H31Ge2NO4. The van der Waals surface area contributed by atoms with Crippen molar-refractivity contribution in [2.75, 3.05) is 0 Å². The van der Waals surface area contributed by atoms with E-state index in [1.165, 1.54) is 0 Å². The summed E-state index contributed by atoms with van der Waals surface area (Å²) in [6.45, 7) is 12.4. The van der Waals surface area contributed by atoms with Crippen LogP contribution in [-0.2, 0) is 7.53 Å². The van der Waals surface area contributed by atoms with Crippen LogP contribution in [0.3, 0.4) is 0 Å². The van der Waals surface area contributed by atoms with Crippen LogP contribution in [0.15, 0.2) is 0 Å². The summed E-state index contributed by atoms with van der Waals surface area (Å²) in [4.78, 5) is 23.9. The van der Waals surface area contributed by atoms with E-state index in [0.717, 1.165) is 31.5 Å². The third kappa shape index (κ3) is 6.22. The Balaban J connectivity index is 4.62. The van der Waals surface area contributed by atoms with Crippen molar-refractivity contribution in [2.24, 2.45) is 0 Å². The van der Waals surface area contributed by atoms with Crippen LogP contribution in [0.2, 0.25) is 31.5 Å². The molecule has 0 unspecified atom stereocenters. The molecule has 21 heavy (non-hydrogen) atoms. The fraction of sp³-hybridized carbons (Fsp3) is 0.857. The first kappa shape index (κ1) is 20.8. The molecule has 0 heterocycles. The van der Waals surface area contributed by atoms with Crippen LogP contribution in [0.5, 0.6) is 0 Å². The topological polar surface area (TPSA) is 64.6 Å². The van der Waals surface area contributed by atoms with Gasteiger partial charge in [0.2, 0.25) is 0 Å². The molecule has 0 aliphatic carbocycles. The molecule has 0 atom stereocenters. The molecule has 0 aromatic carbocycles. The Hall–Kier alpha value is -0.174. The molecule has 5 nitrogen and oxygen atoms in total. The van der Waals surface area contributed by atoms with Crippen molar-refractivity contribution < 1.29 is 17.1 Å². The normalized spacial score (nSPS) is 11.9. The Morgan fingerprint density at radius 1 is 0.667 bits per heavy atom. The van der Waals surface area contributed by atoms with E-state index in [-0.39, 0.29) is 0 Å². The zero-order chi connectivity index (χ0) is 16.5. The fourth-order valence-corrected chi connectivity index (χ4v) is 12.4. The second-order valence-corrected chi connectivity index (χ2v) is 25.1. The number of nitrogens with one attached hydrogen (secondary N) is 1. The number of hydrogen-bond donors (Lipinski definition) is 1. The summed E-state index contributed by atoms with van der Waals surface area (Å²) in [5, 5.41) is 7.74. The minimum atomic E-state index is -2.57. The van der Waals surface area contributed by atoms with E-state index < -0.39 is 39.4 Å². The maximum absolute atomic E-state index is 11.9. The van der Waals surface area contributed by atoms with E-state index in [9.17, 15) is 9.59 Å². The summed E-state index contributed by atoms with van der Waals surface area (Å²) < 4.78 is 11.3. The summed E-state index contributed by atoms with van der Waals surface area (Å²) in [5.74, 6) is 0. The van der Waals surface area contributed by atoms with Gasteiger partial charge in [0.1, 0.15) is 0 Å². The monoisotopic (exact) mass is 425 g/mol. The van der Waals surface area contributed by atoms with Gasteiger partial charge < -0.3 is 0 Å². The SMILES string of the molecule is C[CH2][Ge]([CH2]C)([CH2]C)[O]C(=O)NC(=O)[O][Ge]([CH2]C)([CH2]C)[CH2]C. The van der Waals surface area contributed by atoms with Crippen LogP contribution in [0.25, 0.3) is 0 Å². The fourth-order valence-electron chi connectivity index (χ4n) is 2.46. The molecule has 0 aliphatic rings. The van der Waals surface area contributed by atoms with Crippen molar-refractivity contribution in [3.63, 3.8) is 0 Å². The molecule has 2 amide bonds. The van der Waals surface area contributed by atoms with E-state index in [4.69, 9.17) is 7.53 Å². The van der Waals surface area contributed by atoms with Crippen molar-refractivity contribution in [1.29, 1.82) is 0 Å². The molecule has 0 aliphatic heterocycles. The second kappa shape index (κ2) is 9.76. The van der Waals surface area contributed by atoms with Crippen LogP contribution < -0.4 is 5.32 Å². The van der Waals surface area contributed by atoms with Crippen LogP contribution in [-0.4, -0.2) is 39.4 Å². The van der Waals surface area contributed by atoms with Gasteiger partial charge in [-0.1, -0.05) is 0 Å². The Kier molecular flexibility index (Phi) is 9.68. The first-order valence-corrected chi connectivity index (χ1v) is 18.7. The van der Waals surface area contributed by atoms with E-state index in [2.05, 4.69) is 46.9 Å². The Labute approximate surface area is 134 Å². The number of amides is 2. The van der Waals surface area contributed by atoms with Crippen molar-refractivity contribution in [3.8, 4) is 0 Å². The van der Waals surface area contributed by atoms with E-state index in [1.54, 1.807) is 0 Å². The quantitative estimate of drug-likeness (QED) is 0.567. The molecule has 0 radical (unpaired) electrons. The van der Waals surface area contributed by atoms with Crippen molar-refractivity contribution in [2.45, 2.75) is 73.1 Å². The van der Waals surface area contributed by atoms with Gasteiger partial charge in [-0.25, -0.2) is 0 Å². The molecule has 0 aromatic heterocycles. The van der Waals surface area contributed by atoms with Gasteiger partial charge in [0.15, 0.2) is 0 Å². The van der Waals surface area contributed by atoms with Crippen LogP contribution in [0.1, 0.15) is 41.5 Å². The molecule has 0 bridgehead atoms. The summed E-state index contributed by atoms with van der Waals surface area (Å²) in [5.41, 5.74) is 0. The number of hydrogen-bond acceptors (Lipinski definition) is 4. The molecule has 1 N–H and O–H groups in total. The summed E-state index contributed by atoms with van der Waals surface area (Å²) in [6, 6.07) is 0. The first-order chi connectivity index (χ1) is 9.86. The second-order valence-electron chi connectivity index (χ2n) is 5.39. The number of carbonyl (C=O) groups excluding carboxylic acids is 2. The number of rotatable bonds is 8. The number of carbonyl (C=O) groups is 2. The van der Waals surface area contributed by atoms with Gasteiger partial charge in [0, 0.05) is 0 Å². The van der Waals surface area contributed by atoms with Gasteiger partial charge in [-0.3, -0.25) is 0 Å². The standard InChI is InChI=1S/C14H31Ge2NO4/c1-7-15(8-2,9-3)20-13(18)17-14(19)21-16(10-4,11-5)12-6/h7-12H2,1-6H3,(H,17,18,19). The molecule has 0 aromatic rings. The van der Waals surface area contributed by atoms with Crippen molar-refractivity contribution >= 4 is 39.4 Å². The zero-order valence-corrected chi connectivity index (χ0v) is 18.6. The first-order valence-electron chi connectivity index (χ1n) is 8.09. The average molecular weight is 423 g/mol. The molecule has 124 valence electrons. The summed E-state index contributed by atoms with van der Waals surface area (Å²) >= 11 is -5.15. The van der Waals surface area contributed by atoms with E-state index >= 15 is 0 Å². The van der Waals surface area contributed by atoms with Crippen molar-refractivity contribution in [3.05, 3.63) is 0 Å². The van der Waals surface area contributed by atoms with Crippen molar-refractivity contribution in [1.82, 2.24) is 5.32 Å². The Bertz CT molecular complexity index is 293. The summed E-state index contributed by atoms with van der Waals surface area (Å²) in [7, 11) is 0. The van der Waals surface area contributed by atoms with Gasteiger partial charge >= 0.3 is 135 Å². The van der Waals surface area contributed by atoms with Crippen LogP contribution >= 0.6 is 0 Å². The molecule has 0 spiro atoms. The molecule has 7 heteroatoms. The third-order valence-corrected chi connectivity index (χ3v) is 23.5.